The first kappa shape index (κ1) is 14.2. The van der Waals surface area contributed by atoms with Crippen LogP contribution in [0.4, 0.5) is 29.2 Å². The zero-order valence-electron chi connectivity index (χ0n) is 9.45. The molecular formula is C8H10F4N4O2. The van der Waals surface area contributed by atoms with Gasteiger partial charge < -0.3 is 15.4 Å². The molecule has 102 valence electrons. The molecule has 1 rings (SSSR count). The van der Waals surface area contributed by atoms with Crippen molar-refractivity contribution in [1.82, 2.24) is 9.55 Å². The molecule has 0 aliphatic heterocycles. The molecule has 0 aliphatic rings. The fraction of sp³-hybridized carbons (Fsp3) is 0.625. The molecule has 1 N–H and O–H groups in total. The van der Waals surface area contributed by atoms with Crippen molar-refractivity contribution in [2.75, 3.05) is 11.9 Å². The molecule has 0 amide bonds. The van der Waals surface area contributed by atoms with Crippen molar-refractivity contribution in [2.45, 2.75) is 19.3 Å². The van der Waals surface area contributed by atoms with E-state index in [2.05, 4.69) is 4.98 Å². The van der Waals surface area contributed by atoms with Crippen LogP contribution in [0.2, 0.25) is 0 Å². The van der Waals surface area contributed by atoms with Crippen molar-refractivity contribution in [3.8, 4) is 0 Å². The van der Waals surface area contributed by atoms with Gasteiger partial charge in [0.15, 0.2) is 0 Å². The van der Waals surface area contributed by atoms with E-state index in [0.717, 1.165) is 4.57 Å². The first-order valence-electron chi connectivity index (χ1n) is 4.74. The summed E-state index contributed by atoms with van der Waals surface area (Å²) in [6.45, 7) is 0.00785. The summed E-state index contributed by atoms with van der Waals surface area (Å²) in [5.41, 5.74) is 0. The standard InChI is InChI=1S/C8H10F4N4O2/c1-4-14-6(16(17)18)5(15(4)2)13-3-8(11,12)7(9)10/h7,13H,3H2,1-2H3. The van der Waals surface area contributed by atoms with Gasteiger partial charge in [0.25, 0.3) is 0 Å². The van der Waals surface area contributed by atoms with Gasteiger partial charge in [-0.15, -0.1) is 0 Å². The molecule has 0 unspecified atom stereocenters. The zero-order chi connectivity index (χ0) is 14.1. The van der Waals surface area contributed by atoms with Gasteiger partial charge in [-0.05, 0) is 9.91 Å². The monoisotopic (exact) mass is 270 g/mol. The van der Waals surface area contributed by atoms with Gasteiger partial charge in [-0.25, -0.2) is 8.78 Å². The van der Waals surface area contributed by atoms with Crippen molar-refractivity contribution in [2.24, 2.45) is 7.05 Å². The molecule has 0 spiro atoms. The third kappa shape index (κ3) is 2.68. The highest BCUT2D eigenvalue weighted by atomic mass is 19.3. The normalized spacial score (nSPS) is 11.9. The molecule has 0 fully saturated rings. The minimum Gasteiger partial charge on any atom is -0.358 e. The van der Waals surface area contributed by atoms with E-state index in [1.54, 1.807) is 0 Å². The third-order valence-corrected chi connectivity index (χ3v) is 2.28. The third-order valence-electron chi connectivity index (χ3n) is 2.28. The summed E-state index contributed by atoms with van der Waals surface area (Å²) in [5, 5.41) is 12.5. The maximum atomic E-state index is 12.7. The summed E-state index contributed by atoms with van der Waals surface area (Å²) in [4.78, 5) is 13.2. The van der Waals surface area contributed by atoms with Gasteiger partial charge in [-0.3, -0.25) is 4.57 Å². The Hall–Kier alpha value is -1.87. The Kier molecular flexibility index (Phi) is 3.77. The molecule has 0 bridgehead atoms. The molecule has 6 nitrogen and oxygen atoms in total. The number of hydrogen-bond acceptors (Lipinski definition) is 4. The SMILES string of the molecule is Cc1nc([N+](=O)[O-])c(NCC(F)(F)C(F)F)n1C. The molecule has 0 aliphatic carbocycles. The van der Waals surface area contributed by atoms with Crippen LogP contribution in [-0.2, 0) is 7.05 Å². The number of nitrogens with zero attached hydrogens (tertiary/aromatic N) is 3. The second kappa shape index (κ2) is 4.78. The van der Waals surface area contributed by atoms with E-state index in [0.29, 0.717) is 0 Å². The Balaban J connectivity index is 2.95. The number of hydrogen-bond donors (Lipinski definition) is 1. The Bertz CT molecular complexity index is 460. The zero-order valence-corrected chi connectivity index (χ0v) is 9.45. The highest BCUT2D eigenvalue weighted by Crippen LogP contribution is 2.27. The first-order chi connectivity index (χ1) is 8.16. The molecule has 10 heteroatoms. The van der Waals surface area contributed by atoms with E-state index in [4.69, 9.17) is 0 Å². The number of nitro groups is 1. The number of aromatic nitrogens is 2. The van der Waals surface area contributed by atoms with Crippen LogP contribution in [0.5, 0.6) is 0 Å². The maximum Gasteiger partial charge on any atom is 0.406 e. The number of halogens is 4. The van der Waals surface area contributed by atoms with Gasteiger partial charge in [-0.2, -0.15) is 8.78 Å². The molecule has 1 aromatic heterocycles. The van der Waals surface area contributed by atoms with Crippen LogP contribution in [0.1, 0.15) is 5.82 Å². The molecule has 0 radical (unpaired) electrons. The molecule has 0 aromatic carbocycles. The molecule has 1 aromatic rings. The second-order valence-electron chi connectivity index (χ2n) is 3.56. The molecule has 18 heavy (non-hydrogen) atoms. The lowest BCUT2D eigenvalue weighted by molar-refractivity contribution is -0.388. The van der Waals surface area contributed by atoms with Crippen LogP contribution < -0.4 is 5.32 Å². The van der Waals surface area contributed by atoms with E-state index in [9.17, 15) is 27.7 Å². The number of anilines is 1. The maximum absolute atomic E-state index is 12.7. The number of nitrogens with one attached hydrogen (secondary N) is 1. The van der Waals surface area contributed by atoms with Crippen molar-refractivity contribution in [3.05, 3.63) is 15.9 Å². The fourth-order valence-electron chi connectivity index (χ4n) is 1.20. The summed E-state index contributed by atoms with van der Waals surface area (Å²) in [6, 6.07) is 0. The van der Waals surface area contributed by atoms with Crippen LogP contribution in [0, 0.1) is 17.0 Å². The molecule has 0 saturated heterocycles. The Morgan fingerprint density at radius 3 is 2.56 bits per heavy atom. The number of alkyl halides is 4. The van der Waals surface area contributed by atoms with E-state index >= 15 is 0 Å². The van der Waals surface area contributed by atoms with Crippen LogP contribution in [0.15, 0.2) is 0 Å². The highest BCUT2D eigenvalue weighted by Gasteiger charge is 2.41. The Morgan fingerprint density at radius 2 is 2.11 bits per heavy atom. The summed E-state index contributed by atoms with van der Waals surface area (Å²) >= 11 is 0. The van der Waals surface area contributed by atoms with Gasteiger partial charge in [-0.1, -0.05) is 0 Å². The number of rotatable bonds is 5. The average molecular weight is 270 g/mol. The predicted octanol–water partition coefficient (Wildman–Crippen LogP) is 1.95. The quantitative estimate of drug-likeness (QED) is 0.504. The Morgan fingerprint density at radius 1 is 1.56 bits per heavy atom. The minimum absolute atomic E-state index is 0.199. The average Bonchev–Trinajstić information content (AvgIpc) is 2.53. The van der Waals surface area contributed by atoms with E-state index < -0.39 is 29.6 Å². The van der Waals surface area contributed by atoms with E-state index in [-0.39, 0.29) is 11.6 Å². The van der Waals surface area contributed by atoms with Gasteiger partial charge >= 0.3 is 18.2 Å². The lowest BCUT2D eigenvalue weighted by Gasteiger charge is -2.16. The molecular weight excluding hydrogens is 260 g/mol. The van der Waals surface area contributed by atoms with Crippen LogP contribution >= 0.6 is 0 Å². The lowest BCUT2D eigenvalue weighted by Crippen LogP contribution is -2.35. The van der Waals surface area contributed by atoms with Crippen molar-refractivity contribution in [1.29, 1.82) is 0 Å². The predicted molar refractivity (Wildman–Crippen MR) is 54.0 cm³/mol. The smallest absolute Gasteiger partial charge is 0.358 e. The summed E-state index contributed by atoms with van der Waals surface area (Å²) in [6.07, 6.45) is -3.85. The number of imidazole rings is 1. The molecule has 1 heterocycles. The summed E-state index contributed by atoms with van der Waals surface area (Å²) in [7, 11) is 1.35. The summed E-state index contributed by atoms with van der Waals surface area (Å²) in [5.74, 6) is -5.09. The van der Waals surface area contributed by atoms with Crippen molar-refractivity contribution >= 4 is 11.6 Å². The number of aryl methyl sites for hydroxylation is 1. The van der Waals surface area contributed by atoms with Crippen molar-refractivity contribution < 1.29 is 22.5 Å². The van der Waals surface area contributed by atoms with Gasteiger partial charge in [0.1, 0.15) is 0 Å². The van der Waals surface area contributed by atoms with E-state index in [1.165, 1.54) is 14.0 Å². The topological polar surface area (TPSA) is 73.0 Å². The van der Waals surface area contributed by atoms with Crippen molar-refractivity contribution in [3.63, 3.8) is 0 Å². The highest BCUT2D eigenvalue weighted by molar-refractivity contribution is 5.53. The van der Waals surface area contributed by atoms with Gasteiger partial charge in [0, 0.05) is 14.0 Å². The van der Waals surface area contributed by atoms with Gasteiger partial charge in [0.05, 0.1) is 6.54 Å². The fourth-order valence-corrected chi connectivity index (χ4v) is 1.20. The Labute approximate surface area is 98.8 Å². The van der Waals surface area contributed by atoms with Crippen LogP contribution in [0.25, 0.3) is 0 Å². The van der Waals surface area contributed by atoms with Gasteiger partial charge in [0.2, 0.25) is 11.6 Å². The lowest BCUT2D eigenvalue weighted by atomic mass is 10.3. The molecule has 0 saturated carbocycles. The van der Waals surface area contributed by atoms with Crippen LogP contribution in [-0.4, -0.2) is 33.4 Å². The summed E-state index contributed by atoms with van der Waals surface area (Å²) < 4.78 is 50.4. The second-order valence-corrected chi connectivity index (χ2v) is 3.56. The first-order valence-corrected chi connectivity index (χ1v) is 4.74. The minimum atomic E-state index is -4.27. The van der Waals surface area contributed by atoms with Crippen LogP contribution in [0.3, 0.4) is 0 Å². The molecule has 0 atom stereocenters. The van der Waals surface area contributed by atoms with E-state index in [1.807, 2.05) is 5.32 Å². The largest absolute Gasteiger partial charge is 0.406 e.